The molecule has 0 spiro atoms. The van der Waals surface area contributed by atoms with Crippen molar-refractivity contribution in [3.8, 4) is 0 Å². The summed E-state index contributed by atoms with van der Waals surface area (Å²) in [6.07, 6.45) is 3.77. The van der Waals surface area contributed by atoms with Crippen molar-refractivity contribution >= 4 is 0 Å². The van der Waals surface area contributed by atoms with Gasteiger partial charge in [0, 0.05) is 6.04 Å². The predicted molar refractivity (Wildman–Crippen MR) is 70.6 cm³/mol. The van der Waals surface area contributed by atoms with Gasteiger partial charge in [-0.2, -0.15) is 0 Å². The minimum Gasteiger partial charge on any atom is -0.330 e. The molecule has 4 heteroatoms. The summed E-state index contributed by atoms with van der Waals surface area (Å²) < 4.78 is 0. The lowest BCUT2D eigenvalue weighted by Gasteiger charge is -2.35. The molecule has 16 heavy (non-hydrogen) atoms. The summed E-state index contributed by atoms with van der Waals surface area (Å²) in [5, 5.41) is 0. The van der Waals surface area contributed by atoms with Gasteiger partial charge in [-0.1, -0.05) is 20.8 Å². The molecule has 0 aliphatic rings. The highest BCUT2D eigenvalue weighted by atomic mass is 15.0. The van der Waals surface area contributed by atoms with Crippen LogP contribution in [0.5, 0.6) is 0 Å². The van der Waals surface area contributed by atoms with E-state index in [2.05, 4.69) is 20.8 Å². The first-order valence-electron chi connectivity index (χ1n) is 6.34. The SMILES string of the molecule is CC(C)CCC(N)(N)C(N)C(C)CCCN. The first-order chi connectivity index (χ1) is 7.31. The Morgan fingerprint density at radius 1 is 1.06 bits per heavy atom. The quantitative estimate of drug-likeness (QED) is 0.462. The second kappa shape index (κ2) is 7.22. The number of nitrogens with two attached hydrogens (primary N) is 4. The summed E-state index contributed by atoms with van der Waals surface area (Å²) in [4.78, 5) is 0. The molecule has 2 unspecified atom stereocenters. The van der Waals surface area contributed by atoms with Gasteiger partial charge < -0.3 is 22.9 Å². The maximum absolute atomic E-state index is 6.13. The van der Waals surface area contributed by atoms with Gasteiger partial charge in [0.15, 0.2) is 0 Å². The van der Waals surface area contributed by atoms with Gasteiger partial charge in [-0.15, -0.1) is 0 Å². The molecular formula is C12H30N4. The molecule has 0 rings (SSSR count). The molecule has 0 aliphatic heterocycles. The minimum atomic E-state index is -0.752. The summed E-state index contributed by atoms with van der Waals surface area (Å²) in [6.45, 7) is 7.13. The first-order valence-corrected chi connectivity index (χ1v) is 6.34. The van der Waals surface area contributed by atoms with Crippen LogP contribution in [0.4, 0.5) is 0 Å². The molecule has 0 heterocycles. The third-order valence-corrected chi connectivity index (χ3v) is 3.25. The van der Waals surface area contributed by atoms with Gasteiger partial charge in [0.05, 0.1) is 5.66 Å². The summed E-state index contributed by atoms with van der Waals surface area (Å²) in [7, 11) is 0. The van der Waals surface area contributed by atoms with Crippen molar-refractivity contribution in [2.24, 2.45) is 34.8 Å². The lowest BCUT2D eigenvalue weighted by Crippen LogP contribution is -2.64. The topological polar surface area (TPSA) is 104 Å². The normalized spacial score (nSPS) is 16.5. The highest BCUT2D eigenvalue weighted by Gasteiger charge is 2.31. The van der Waals surface area contributed by atoms with E-state index in [1.165, 1.54) is 0 Å². The van der Waals surface area contributed by atoms with Crippen molar-refractivity contribution in [2.45, 2.75) is 58.2 Å². The van der Waals surface area contributed by atoms with Gasteiger partial charge in [-0.05, 0) is 44.1 Å². The number of hydrogen-bond acceptors (Lipinski definition) is 4. The summed E-state index contributed by atoms with van der Waals surface area (Å²) in [5.74, 6) is 0.934. The fourth-order valence-corrected chi connectivity index (χ4v) is 1.85. The van der Waals surface area contributed by atoms with Gasteiger partial charge in [0.1, 0.15) is 0 Å². The molecule has 0 aromatic carbocycles. The summed E-state index contributed by atoms with van der Waals surface area (Å²) >= 11 is 0. The van der Waals surface area contributed by atoms with Crippen LogP contribution in [0.3, 0.4) is 0 Å². The Labute approximate surface area is 100 Å². The average Bonchev–Trinajstić information content (AvgIpc) is 2.22. The molecule has 0 aromatic heterocycles. The summed E-state index contributed by atoms with van der Waals surface area (Å²) in [6, 6.07) is -0.155. The Bertz CT molecular complexity index is 180. The Balaban J connectivity index is 4.15. The highest BCUT2D eigenvalue weighted by Crippen LogP contribution is 2.19. The second-order valence-corrected chi connectivity index (χ2v) is 5.48. The van der Waals surface area contributed by atoms with Crippen LogP contribution in [0.2, 0.25) is 0 Å². The van der Waals surface area contributed by atoms with Crippen molar-refractivity contribution in [1.29, 1.82) is 0 Å². The fourth-order valence-electron chi connectivity index (χ4n) is 1.85. The fraction of sp³-hybridized carbons (Fsp3) is 1.00. The van der Waals surface area contributed by atoms with Crippen LogP contribution in [-0.4, -0.2) is 18.2 Å². The average molecular weight is 230 g/mol. The van der Waals surface area contributed by atoms with Crippen molar-refractivity contribution in [1.82, 2.24) is 0 Å². The van der Waals surface area contributed by atoms with Crippen LogP contribution >= 0.6 is 0 Å². The third-order valence-electron chi connectivity index (χ3n) is 3.25. The Morgan fingerprint density at radius 3 is 2.06 bits per heavy atom. The van der Waals surface area contributed by atoms with Gasteiger partial charge in [0.2, 0.25) is 0 Å². The maximum Gasteiger partial charge on any atom is 0.0794 e. The van der Waals surface area contributed by atoms with E-state index in [-0.39, 0.29) is 6.04 Å². The Hall–Kier alpha value is -0.160. The lowest BCUT2D eigenvalue weighted by molar-refractivity contribution is 0.240. The van der Waals surface area contributed by atoms with E-state index < -0.39 is 5.66 Å². The lowest BCUT2D eigenvalue weighted by atomic mass is 9.84. The zero-order chi connectivity index (χ0) is 12.8. The zero-order valence-electron chi connectivity index (χ0n) is 11.1. The van der Waals surface area contributed by atoms with E-state index in [1.807, 2.05) is 0 Å². The molecule has 0 aliphatic carbocycles. The van der Waals surface area contributed by atoms with Crippen LogP contribution in [0.1, 0.15) is 46.5 Å². The van der Waals surface area contributed by atoms with E-state index in [0.717, 1.165) is 25.7 Å². The molecule has 0 radical (unpaired) electrons. The second-order valence-electron chi connectivity index (χ2n) is 5.48. The summed E-state index contributed by atoms with van der Waals surface area (Å²) in [5.41, 5.74) is 23.1. The van der Waals surface area contributed by atoms with Crippen LogP contribution in [0.25, 0.3) is 0 Å². The smallest absolute Gasteiger partial charge is 0.0794 e. The molecule has 98 valence electrons. The van der Waals surface area contributed by atoms with E-state index in [4.69, 9.17) is 22.9 Å². The molecule has 0 amide bonds. The molecule has 0 fully saturated rings. The van der Waals surface area contributed by atoms with E-state index in [1.54, 1.807) is 0 Å². The molecule has 0 saturated carbocycles. The van der Waals surface area contributed by atoms with Crippen LogP contribution < -0.4 is 22.9 Å². The third kappa shape index (κ3) is 5.80. The van der Waals surface area contributed by atoms with Crippen molar-refractivity contribution in [3.05, 3.63) is 0 Å². The van der Waals surface area contributed by atoms with E-state index >= 15 is 0 Å². The van der Waals surface area contributed by atoms with Crippen LogP contribution in [-0.2, 0) is 0 Å². The molecule has 0 bridgehead atoms. The molecule has 4 nitrogen and oxygen atoms in total. The van der Waals surface area contributed by atoms with Crippen molar-refractivity contribution in [3.63, 3.8) is 0 Å². The van der Waals surface area contributed by atoms with Gasteiger partial charge in [-0.25, -0.2) is 0 Å². The Kier molecular flexibility index (Phi) is 7.15. The molecule has 0 saturated heterocycles. The molecule has 2 atom stereocenters. The van der Waals surface area contributed by atoms with Crippen LogP contribution in [0.15, 0.2) is 0 Å². The minimum absolute atomic E-state index is 0.155. The van der Waals surface area contributed by atoms with E-state index in [9.17, 15) is 0 Å². The number of hydrogen-bond donors (Lipinski definition) is 4. The zero-order valence-corrected chi connectivity index (χ0v) is 11.1. The number of rotatable bonds is 8. The standard InChI is InChI=1S/C12H30N4/c1-9(2)6-7-12(15,16)11(14)10(3)5-4-8-13/h9-11H,4-8,13-16H2,1-3H3. The van der Waals surface area contributed by atoms with E-state index in [0.29, 0.717) is 18.4 Å². The molecule has 8 N–H and O–H groups in total. The highest BCUT2D eigenvalue weighted by molar-refractivity contribution is 4.91. The monoisotopic (exact) mass is 230 g/mol. The van der Waals surface area contributed by atoms with Crippen molar-refractivity contribution in [2.75, 3.05) is 6.54 Å². The maximum atomic E-state index is 6.13. The predicted octanol–water partition coefficient (Wildman–Crippen LogP) is 0.739. The molecular weight excluding hydrogens is 200 g/mol. The van der Waals surface area contributed by atoms with Gasteiger partial charge in [0.25, 0.3) is 0 Å². The molecule has 0 aromatic rings. The first kappa shape index (κ1) is 15.8. The largest absolute Gasteiger partial charge is 0.330 e. The van der Waals surface area contributed by atoms with Crippen LogP contribution in [0, 0.1) is 11.8 Å². The van der Waals surface area contributed by atoms with Crippen molar-refractivity contribution < 1.29 is 0 Å². The Morgan fingerprint density at radius 2 is 1.62 bits per heavy atom. The van der Waals surface area contributed by atoms with Gasteiger partial charge >= 0.3 is 0 Å². The van der Waals surface area contributed by atoms with Gasteiger partial charge in [-0.3, -0.25) is 0 Å².